The molecule has 0 spiro atoms. The molecular weight excluding hydrogens is 412 g/mol. The Morgan fingerprint density at radius 1 is 0.758 bits per heavy atom. The summed E-state index contributed by atoms with van der Waals surface area (Å²) in [6.45, 7) is 4.92. The lowest BCUT2D eigenvalue weighted by Gasteiger charge is -2.18. The van der Waals surface area contributed by atoms with Crippen molar-refractivity contribution in [3.8, 4) is 39.5 Å². The van der Waals surface area contributed by atoms with Crippen LogP contribution < -0.4 is 24.4 Å². The molecule has 0 amide bonds. The van der Waals surface area contributed by atoms with E-state index in [9.17, 15) is 0 Å². The van der Waals surface area contributed by atoms with Crippen LogP contribution in [0.1, 0.15) is 13.8 Å². The molecule has 3 aromatic carbocycles. The van der Waals surface area contributed by atoms with Gasteiger partial charge in [0, 0.05) is 37.5 Å². The maximum absolute atomic E-state index is 5.79. The summed E-state index contributed by atoms with van der Waals surface area (Å²) in [4.78, 5) is 2.08. The average Bonchev–Trinajstić information content (AvgIpc) is 2.83. The van der Waals surface area contributed by atoms with E-state index in [1.807, 2.05) is 38.4 Å². The molecule has 0 saturated carbocycles. The fourth-order valence-electron chi connectivity index (χ4n) is 3.66. The Kier molecular flexibility index (Phi) is 7.88. The number of ether oxygens (including phenoxy) is 3. The van der Waals surface area contributed by atoms with E-state index in [-0.39, 0.29) is 0 Å². The van der Waals surface area contributed by atoms with Gasteiger partial charge in [0.05, 0.1) is 27.0 Å². The van der Waals surface area contributed by atoms with E-state index in [0.717, 1.165) is 57.4 Å². The van der Waals surface area contributed by atoms with Crippen molar-refractivity contribution in [1.82, 2.24) is 0 Å². The Hall–Kier alpha value is -3.60. The molecule has 0 bridgehead atoms. The number of nitrogens with one attached hydrogen (secondary N) is 1. The molecule has 3 rings (SSSR count). The highest BCUT2D eigenvalue weighted by Gasteiger charge is 2.16. The van der Waals surface area contributed by atoms with Gasteiger partial charge in [-0.2, -0.15) is 0 Å². The summed E-state index contributed by atoms with van der Waals surface area (Å²) in [6, 6.07) is 18.6. The summed E-state index contributed by atoms with van der Waals surface area (Å²) in [6.07, 6.45) is 2.14. The summed E-state index contributed by atoms with van der Waals surface area (Å²) >= 11 is 0. The largest absolute Gasteiger partial charge is 0.496 e. The first-order valence-corrected chi connectivity index (χ1v) is 11.0. The van der Waals surface area contributed by atoms with Crippen LogP contribution in [0.25, 0.3) is 22.3 Å². The molecule has 0 radical (unpaired) electrons. The van der Waals surface area contributed by atoms with Crippen molar-refractivity contribution in [1.29, 1.82) is 0 Å². The first-order chi connectivity index (χ1) is 15.9. The van der Waals surface area contributed by atoms with Crippen molar-refractivity contribution in [2.45, 2.75) is 13.8 Å². The Bertz CT molecular complexity index is 1110. The molecule has 0 aromatic heterocycles. The van der Waals surface area contributed by atoms with Crippen LogP contribution in [0, 0.1) is 0 Å². The molecule has 1 N–H and O–H groups in total. The lowest BCUT2D eigenvalue weighted by molar-refractivity contribution is 0.405. The molecule has 0 aliphatic rings. The third-order valence-corrected chi connectivity index (χ3v) is 5.53. The van der Waals surface area contributed by atoms with Crippen LogP contribution in [0.2, 0.25) is 0 Å². The Morgan fingerprint density at radius 3 is 1.82 bits per heavy atom. The highest BCUT2D eigenvalue weighted by atomic mass is 16.5. The summed E-state index contributed by atoms with van der Waals surface area (Å²) in [5.74, 6) is 2.34. The molecule has 0 heterocycles. The normalized spacial score (nSPS) is 10.4. The summed E-state index contributed by atoms with van der Waals surface area (Å²) in [5.41, 5.74) is 7.34. The van der Waals surface area contributed by atoms with Crippen LogP contribution >= 0.6 is 0 Å². The monoisotopic (exact) mass is 446 g/mol. The second kappa shape index (κ2) is 10.8. The number of anilines is 2. The molecule has 5 heteroatoms. The molecule has 0 unspecified atom stereocenters. The molecule has 0 saturated heterocycles. The molecule has 0 atom stereocenters. The van der Waals surface area contributed by atoms with Crippen LogP contribution in [0.3, 0.4) is 0 Å². The zero-order valence-corrected chi connectivity index (χ0v) is 20.7. The first kappa shape index (κ1) is 24.1. The molecule has 174 valence electrons. The predicted molar refractivity (Wildman–Crippen MR) is 139 cm³/mol. The van der Waals surface area contributed by atoms with Crippen LogP contribution in [-0.2, 0) is 0 Å². The van der Waals surface area contributed by atoms with Crippen LogP contribution in [0.4, 0.5) is 11.4 Å². The minimum absolute atomic E-state index is 0.747. The van der Waals surface area contributed by atoms with E-state index >= 15 is 0 Å². The smallest absolute Gasteiger partial charge is 0.142 e. The van der Waals surface area contributed by atoms with Crippen LogP contribution in [0.15, 0.2) is 66.2 Å². The third-order valence-electron chi connectivity index (χ3n) is 5.53. The standard InChI is InChI=1S/C28H34N2O3/c1-19(2)14-15-29-25-13-10-21(16-28(25)33-7)24-18-26(31-5)23(17-27(24)32-6)20-8-11-22(12-9-20)30(3)4/h8-14,16-18,29H,15H2,1-7H3. The fraction of sp³-hybridized carbons (Fsp3) is 0.286. The number of rotatable bonds is 9. The van der Waals surface area contributed by atoms with Crippen molar-refractivity contribution in [3.63, 3.8) is 0 Å². The molecular formula is C28H34N2O3. The lowest BCUT2D eigenvalue weighted by Crippen LogP contribution is -2.07. The topological polar surface area (TPSA) is 43.0 Å². The minimum Gasteiger partial charge on any atom is -0.496 e. The zero-order valence-electron chi connectivity index (χ0n) is 20.7. The molecule has 5 nitrogen and oxygen atoms in total. The van der Waals surface area contributed by atoms with E-state index < -0.39 is 0 Å². The Balaban J connectivity index is 2.02. The number of benzene rings is 3. The molecule has 0 aliphatic heterocycles. The van der Waals surface area contributed by atoms with Gasteiger partial charge in [-0.25, -0.2) is 0 Å². The highest BCUT2D eigenvalue weighted by molar-refractivity contribution is 5.83. The minimum atomic E-state index is 0.747. The van der Waals surface area contributed by atoms with Gasteiger partial charge < -0.3 is 24.4 Å². The van der Waals surface area contributed by atoms with Gasteiger partial charge in [-0.05, 0) is 61.4 Å². The number of hydrogen-bond donors (Lipinski definition) is 1. The number of allylic oxidation sites excluding steroid dienone is 1. The van der Waals surface area contributed by atoms with E-state index in [2.05, 4.69) is 60.5 Å². The van der Waals surface area contributed by atoms with Crippen molar-refractivity contribution in [2.24, 2.45) is 0 Å². The van der Waals surface area contributed by atoms with Crippen LogP contribution in [0.5, 0.6) is 17.2 Å². The molecule has 0 fully saturated rings. The SMILES string of the molecule is COc1cc(-c2cc(OC)c(-c3ccc(N(C)C)cc3)cc2OC)ccc1NCC=C(C)C. The van der Waals surface area contributed by atoms with E-state index in [1.54, 1.807) is 21.3 Å². The quantitative estimate of drug-likeness (QED) is 0.381. The third kappa shape index (κ3) is 5.61. The van der Waals surface area contributed by atoms with Crippen molar-refractivity contribution in [2.75, 3.05) is 52.2 Å². The second-order valence-corrected chi connectivity index (χ2v) is 8.27. The van der Waals surface area contributed by atoms with Crippen molar-refractivity contribution in [3.05, 3.63) is 66.2 Å². The van der Waals surface area contributed by atoms with E-state index in [1.165, 1.54) is 5.57 Å². The first-order valence-electron chi connectivity index (χ1n) is 11.0. The second-order valence-electron chi connectivity index (χ2n) is 8.27. The van der Waals surface area contributed by atoms with Crippen molar-refractivity contribution < 1.29 is 14.2 Å². The van der Waals surface area contributed by atoms with Gasteiger partial charge in [-0.3, -0.25) is 0 Å². The predicted octanol–water partition coefficient (Wildman–Crippen LogP) is 6.49. The highest BCUT2D eigenvalue weighted by Crippen LogP contribution is 2.42. The van der Waals surface area contributed by atoms with Crippen LogP contribution in [-0.4, -0.2) is 42.0 Å². The summed E-state index contributed by atoms with van der Waals surface area (Å²) in [7, 11) is 9.13. The van der Waals surface area contributed by atoms with E-state index in [0.29, 0.717) is 0 Å². The maximum Gasteiger partial charge on any atom is 0.142 e. The maximum atomic E-state index is 5.79. The average molecular weight is 447 g/mol. The number of hydrogen-bond acceptors (Lipinski definition) is 5. The Labute approximate surface area is 197 Å². The van der Waals surface area contributed by atoms with Gasteiger partial charge in [0.2, 0.25) is 0 Å². The molecule has 3 aromatic rings. The van der Waals surface area contributed by atoms with Crippen molar-refractivity contribution >= 4 is 11.4 Å². The molecule has 33 heavy (non-hydrogen) atoms. The Morgan fingerprint density at radius 2 is 1.30 bits per heavy atom. The van der Waals surface area contributed by atoms with Gasteiger partial charge in [0.25, 0.3) is 0 Å². The van der Waals surface area contributed by atoms with Gasteiger partial charge in [-0.1, -0.05) is 29.8 Å². The molecule has 0 aliphatic carbocycles. The zero-order chi connectivity index (χ0) is 24.0. The fourth-order valence-corrected chi connectivity index (χ4v) is 3.66. The van der Waals surface area contributed by atoms with E-state index in [4.69, 9.17) is 14.2 Å². The van der Waals surface area contributed by atoms with Gasteiger partial charge in [0.15, 0.2) is 0 Å². The van der Waals surface area contributed by atoms with Gasteiger partial charge >= 0.3 is 0 Å². The number of methoxy groups -OCH3 is 3. The number of nitrogens with zero attached hydrogens (tertiary/aromatic N) is 1. The summed E-state index contributed by atoms with van der Waals surface area (Å²) < 4.78 is 17.2. The summed E-state index contributed by atoms with van der Waals surface area (Å²) in [5, 5.41) is 3.41. The van der Waals surface area contributed by atoms with Gasteiger partial charge in [-0.15, -0.1) is 0 Å². The van der Waals surface area contributed by atoms with Gasteiger partial charge in [0.1, 0.15) is 17.2 Å². The lowest BCUT2D eigenvalue weighted by atomic mass is 9.97.